The summed E-state index contributed by atoms with van der Waals surface area (Å²) in [6, 6.07) is -0.341. The van der Waals surface area contributed by atoms with Crippen LogP contribution in [0.25, 0.3) is 0 Å². The van der Waals surface area contributed by atoms with E-state index in [0.29, 0.717) is 6.54 Å². The van der Waals surface area contributed by atoms with Gasteiger partial charge in [0, 0.05) is 17.9 Å². The minimum atomic E-state index is -0.341. The summed E-state index contributed by atoms with van der Waals surface area (Å²) in [6.45, 7) is 1.55. The summed E-state index contributed by atoms with van der Waals surface area (Å²) < 4.78 is 1.93. The van der Waals surface area contributed by atoms with Gasteiger partial charge in [0.1, 0.15) is 0 Å². The summed E-state index contributed by atoms with van der Waals surface area (Å²) in [5.74, 6) is 0. The van der Waals surface area contributed by atoms with Gasteiger partial charge in [0.15, 0.2) is 0 Å². The zero-order valence-electron chi connectivity index (χ0n) is 5.69. The fraction of sp³-hybridized carbons (Fsp3) is 1.00. The predicted molar refractivity (Wildman–Crippen MR) is 41.3 cm³/mol. The van der Waals surface area contributed by atoms with Crippen LogP contribution in [0.2, 0.25) is 0 Å². The molecule has 2 unspecified atom stereocenters. The summed E-state index contributed by atoms with van der Waals surface area (Å²) in [5, 5.41) is 10.3. The number of piperidine rings is 1. The van der Waals surface area contributed by atoms with E-state index in [4.69, 9.17) is 0 Å². The molecule has 1 rings (SSSR count). The standard InChI is InChI=1S/C5H11N2O2P/c8-7(9)5-2-1-3-6(10)4-5/h5H,1-4,10H2. The van der Waals surface area contributed by atoms with Gasteiger partial charge in [0.05, 0.1) is 6.54 Å². The Labute approximate surface area is 62.0 Å². The third kappa shape index (κ3) is 1.89. The molecule has 0 N–H and O–H groups in total. The molecule has 58 valence electrons. The molecule has 1 saturated heterocycles. The van der Waals surface area contributed by atoms with E-state index >= 15 is 0 Å². The van der Waals surface area contributed by atoms with Crippen LogP contribution in [0.5, 0.6) is 0 Å². The van der Waals surface area contributed by atoms with E-state index in [2.05, 4.69) is 9.39 Å². The molecule has 0 aromatic rings. The molecule has 5 heteroatoms. The summed E-state index contributed by atoms with van der Waals surface area (Å²) in [4.78, 5) is 10.1. The van der Waals surface area contributed by atoms with Crippen molar-refractivity contribution in [2.75, 3.05) is 13.1 Å². The lowest BCUT2D eigenvalue weighted by Gasteiger charge is -2.23. The lowest BCUT2D eigenvalue weighted by molar-refractivity contribution is -0.525. The Morgan fingerprint density at radius 3 is 2.80 bits per heavy atom. The molecular weight excluding hydrogens is 151 g/mol. The van der Waals surface area contributed by atoms with Crippen LogP contribution in [0.4, 0.5) is 0 Å². The van der Waals surface area contributed by atoms with Crippen molar-refractivity contribution in [1.82, 2.24) is 4.67 Å². The first kappa shape index (κ1) is 7.89. The van der Waals surface area contributed by atoms with Crippen LogP contribution in [-0.4, -0.2) is 28.7 Å². The van der Waals surface area contributed by atoms with E-state index in [-0.39, 0.29) is 11.0 Å². The average Bonchev–Trinajstić information content (AvgIpc) is 1.88. The summed E-state index contributed by atoms with van der Waals surface area (Å²) >= 11 is 0. The maximum absolute atomic E-state index is 10.3. The summed E-state index contributed by atoms with van der Waals surface area (Å²) in [7, 11) is 2.50. The second-order valence-electron chi connectivity index (χ2n) is 2.58. The Morgan fingerprint density at radius 2 is 2.40 bits per heavy atom. The molecule has 0 bridgehead atoms. The van der Waals surface area contributed by atoms with Crippen molar-refractivity contribution in [3.05, 3.63) is 10.1 Å². The molecule has 4 nitrogen and oxygen atoms in total. The highest BCUT2D eigenvalue weighted by Gasteiger charge is 2.25. The van der Waals surface area contributed by atoms with Gasteiger partial charge in [0.25, 0.3) is 0 Å². The topological polar surface area (TPSA) is 46.4 Å². The van der Waals surface area contributed by atoms with E-state index in [1.807, 2.05) is 4.67 Å². The van der Waals surface area contributed by atoms with Crippen LogP contribution >= 0.6 is 9.39 Å². The van der Waals surface area contributed by atoms with Crippen LogP contribution in [0, 0.1) is 10.1 Å². The Kier molecular flexibility index (Phi) is 2.57. The van der Waals surface area contributed by atoms with E-state index in [1.54, 1.807) is 0 Å². The Hall–Kier alpha value is -0.210. The monoisotopic (exact) mass is 162 g/mol. The van der Waals surface area contributed by atoms with Crippen molar-refractivity contribution in [3.8, 4) is 0 Å². The molecule has 0 saturated carbocycles. The van der Waals surface area contributed by atoms with Crippen LogP contribution in [0.15, 0.2) is 0 Å². The highest BCUT2D eigenvalue weighted by Crippen LogP contribution is 2.14. The van der Waals surface area contributed by atoms with Crippen LogP contribution in [0.1, 0.15) is 12.8 Å². The first-order valence-electron chi connectivity index (χ1n) is 3.33. The number of hydrogen-bond donors (Lipinski definition) is 0. The molecule has 1 fully saturated rings. The van der Waals surface area contributed by atoms with E-state index in [9.17, 15) is 10.1 Å². The van der Waals surface area contributed by atoms with Gasteiger partial charge in [0.2, 0.25) is 6.04 Å². The lowest BCUT2D eigenvalue weighted by Crippen LogP contribution is -2.36. The number of nitrogens with zero attached hydrogens (tertiary/aromatic N) is 2. The smallest absolute Gasteiger partial charge is 0.225 e. The highest BCUT2D eigenvalue weighted by molar-refractivity contribution is 7.13. The molecular formula is C5H11N2O2P. The van der Waals surface area contributed by atoms with E-state index in [1.165, 1.54) is 0 Å². The molecule has 0 aliphatic carbocycles. The maximum atomic E-state index is 10.3. The Balaban J connectivity index is 2.39. The van der Waals surface area contributed by atoms with E-state index in [0.717, 1.165) is 19.4 Å². The quantitative estimate of drug-likeness (QED) is 0.321. The molecule has 1 heterocycles. The number of hydrogen-bond acceptors (Lipinski definition) is 3. The van der Waals surface area contributed by atoms with Gasteiger partial charge in [-0.05, 0) is 6.42 Å². The van der Waals surface area contributed by atoms with Crippen molar-refractivity contribution in [2.45, 2.75) is 18.9 Å². The van der Waals surface area contributed by atoms with Crippen LogP contribution in [0.3, 0.4) is 0 Å². The first-order valence-corrected chi connectivity index (χ1v) is 3.85. The minimum absolute atomic E-state index is 0.184. The average molecular weight is 162 g/mol. The maximum Gasteiger partial charge on any atom is 0.225 e. The zero-order valence-corrected chi connectivity index (χ0v) is 6.85. The molecule has 1 aliphatic rings. The molecule has 2 atom stereocenters. The van der Waals surface area contributed by atoms with Crippen molar-refractivity contribution in [2.24, 2.45) is 0 Å². The molecule has 10 heavy (non-hydrogen) atoms. The van der Waals surface area contributed by atoms with Crippen molar-refractivity contribution < 1.29 is 4.92 Å². The fourth-order valence-electron chi connectivity index (χ4n) is 1.16. The van der Waals surface area contributed by atoms with Crippen molar-refractivity contribution in [1.29, 1.82) is 0 Å². The van der Waals surface area contributed by atoms with Crippen molar-refractivity contribution in [3.63, 3.8) is 0 Å². The van der Waals surface area contributed by atoms with Gasteiger partial charge < -0.3 is 0 Å². The molecule has 0 amide bonds. The molecule has 0 radical (unpaired) electrons. The third-order valence-electron chi connectivity index (χ3n) is 1.73. The Bertz CT molecular complexity index is 142. The molecule has 0 spiro atoms. The largest absolute Gasteiger partial charge is 0.281 e. The zero-order chi connectivity index (χ0) is 7.56. The first-order chi connectivity index (χ1) is 4.70. The number of nitro groups is 1. The number of rotatable bonds is 1. The van der Waals surface area contributed by atoms with Gasteiger partial charge in [-0.3, -0.25) is 14.8 Å². The third-order valence-corrected chi connectivity index (χ3v) is 2.20. The SMILES string of the molecule is O=[N+]([O-])C1CCCN(P)C1. The molecule has 0 aromatic carbocycles. The second-order valence-corrected chi connectivity index (χ2v) is 3.31. The lowest BCUT2D eigenvalue weighted by atomic mass is 10.1. The van der Waals surface area contributed by atoms with Gasteiger partial charge in [-0.1, -0.05) is 9.39 Å². The molecule has 0 aromatic heterocycles. The van der Waals surface area contributed by atoms with Gasteiger partial charge >= 0.3 is 0 Å². The normalized spacial score (nSPS) is 28.3. The molecule has 1 aliphatic heterocycles. The van der Waals surface area contributed by atoms with Gasteiger partial charge in [-0.25, -0.2) is 0 Å². The Morgan fingerprint density at radius 1 is 1.70 bits per heavy atom. The minimum Gasteiger partial charge on any atom is -0.281 e. The van der Waals surface area contributed by atoms with Gasteiger partial charge in [-0.2, -0.15) is 0 Å². The van der Waals surface area contributed by atoms with Crippen LogP contribution < -0.4 is 0 Å². The van der Waals surface area contributed by atoms with Gasteiger partial charge in [-0.15, -0.1) is 0 Å². The summed E-state index contributed by atoms with van der Waals surface area (Å²) in [6.07, 6.45) is 1.67. The fourth-order valence-corrected chi connectivity index (χ4v) is 1.58. The van der Waals surface area contributed by atoms with Crippen LogP contribution in [-0.2, 0) is 0 Å². The second kappa shape index (κ2) is 3.26. The summed E-state index contributed by atoms with van der Waals surface area (Å²) in [5.41, 5.74) is 0. The van der Waals surface area contributed by atoms with Crippen molar-refractivity contribution >= 4 is 9.39 Å². The predicted octanol–water partition coefficient (Wildman–Crippen LogP) is 0.518. The highest BCUT2D eigenvalue weighted by atomic mass is 31.0. The van der Waals surface area contributed by atoms with E-state index < -0.39 is 0 Å².